The van der Waals surface area contributed by atoms with Crippen molar-refractivity contribution in [2.24, 2.45) is 5.10 Å². The first kappa shape index (κ1) is 22.1. The van der Waals surface area contributed by atoms with Gasteiger partial charge < -0.3 is 21.3 Å². The van der Waals surface area contributed by atoms with Crippen molar-refractivity contribution in [3.8, 4) is 11.5 Å². The Kier molecular flexibility index (Phi) is 6.39. The number of aromatic nitrogens is 3. The zero-order valence-corrected chi connectivity index (χ0v) is 18.3. The number of nitrogens with one attached hydrogen (secondary N) is 1. The molecule has 1 amide bonds. The molecular weight excluding hydrogens is 420 g/mol. The van der Waals surface area contributed by atoms with Crippen LogP contribution in [-0.2, 0) is 0 Å². The first-order valence-electron chi connectivity index (χ1n) is 10.9. The molecule has 4 rings (SSSR count). The number of phenols is 2. The Balaban J connectivity index is 1.76. The van der Waals surface area contributed by atoms with Crippen LogP contribution >= 0.6 is 0 Å². The molecule has 0 aliphatic heterocycles. The summed E-state index contributed by atoms with van der Waals surface area (Å²) in [5, 5.41) is 26.6. The summed E-state index contributed by atoms with van der Waals surface area (Å²) >= 11 is 0. The lowest BCUT2D eigenvalue weighted by atomic mass is 10.2. The quantitative estimate of drug-likeness (QED) is 0.185. The van der Waals surface area contributed by atoms with Gasteiger partial charge in [0, 0.05) is 6.54 Å². The van der Waals surface area contributed by atoms with E-state index in [2.05, 4.69) is 27.3 Å². The van der Waals surface area contributed by atoms with Crippen LogP contribution < -0.4 is 11.1 Å². The van der Waals surface area contributed by atoms with Crippen molar-refractivity contribution >= 4 is 40.1 Å². The molecule has 9 nitrogen and oxygen atoms in total. The summed E-state index contributed by atoms with van der Waals surface area (Å²) in [6.07, 6.45) is 5.62. The largest absolute Gasteiger partial charge is 0.504 e. The molecule has 2 aromatic carbocycles. The molecule has 170 valence electrons. The number of nitrogen functional groups attached to an aromatic ring is 1. The van der Waals surface area contributed by atoms with Crippen LogP contribution in [0.2, 0.25) is 0 Å². The number of nitrogens with two attached hydrogens (primary N) is 1. The van der Waals surface area contributed by atoms with E-state index in [0.717, 1.165) is 25.7 Å². The van der Waals surface area contributed by atoms with Gasteiger partial charge in [0.2, 0.25) is 0 Å². The number of para-hydroxylation sites is 2. The molecule has 4 aromatic rings. The van der Waals surface area contributed by atoms with E-state index in [1.54, 1.807) is 6.07 Å². The molecule has 9 heteroatoms. The fourth-order valence-electron chi connectivity index (χ4n) is 3.58. The summed E-state index contributed by atoms with van der Waals surface area (Å²) in [5.74, 6) is -0.702. The predicted octanol–water partition coefficient (Wildman–Crippen LogP) is 3.77. The number of fused-ring (bicyclic) bond motifs is 2. The highest BCUT2D eigenvalue weighted by Crippen LogP contribution is 2.28. The number of unbranched alkanes of at least 4 members (excludes halogenated alkanes) is 3. The van der Waals surface area contributed by atoms with Gasteiger partial charge in [0.25, 0.3) is 5.91 Å². The van der Waals surface area contributed by atoms with Crippen molar-refractivity contribution in [2.75, 3.05) is 12.3 Å². The van der Waals surface area contributed by atoms with E-state index < -0.39 is 0 Å². The second-order valence-corrected chi connectivity index (χ2v) is 7.77. The van der Waals surface area contributed by atoms with Crippen LogP contribution in [0.3, 0.4) is 0 Å². The fraction of sp³-hybridized carbons (Fsp3) is 0.250. The minimum atomic E-state index is -0.324. The first-order chi connectivity index (χ1) is 16.0. The zero-order valence-electron chi connectivity index (χ0n) is 18.3. The predicted molar refractivity (Wildman–Crippen MR) is 129 cm³/mol. The maximum absolute atomic E-state index is 13.0. The summed E-state index contributed by atoms with van der Waals surface area (Å²) in [5.41, 5.74) is 9.13. The molecule has 0 fully saturated rings. The number of phenolic OH excluding ortho intramolecular Hbond substituents is 2. The van der Waals surface area contributed by atoms with Gasteiger partial charge in [-0.15, -0.1) is 0 Å². The van der Waals surface area contributed by atoms with Crippen LogP contribution in [0.4, 0.5) is 5.82 Å². The average molecular weight is 447 g/mol. The summed E-state index contributed by atoms with van der Waals surface area (Å²) in [6, 6.07) is 11.7. The monoisotopic (exact) mass is 446 g/mol. The molecule has 0 radical (unpaired) electrons. The summed E-state index contributed by atoms with van der Waals surface area (Å²) < 4.78 is 1.37. The number of rotatable bonds is 8. The number of benzene rings is 2. The maximum Gasteiger partial charge on any atom is 0.257 e. The van der Waals surface area contributed by atoms with Gasteiger partial charge in [0.1, 0.15) is 16.9 Å². The highest BCUT2D eigenvalue weighted by atomic mass is 16.3. The number of hydrogen-bond donors (Lipinski definition) is 4. The number of hydrogen-bond acceptors (Lipinski definition) is 7. The molecule has 0 unspecified atom stereocenters. The van der Waals surface area contributed by atoms with Crippen LogP contribution in [-0.4, -0.2) is 43.5 Å². The normalized spacial score (nSPS) is 11.5. The molecule has 33 heavy (non-hydrogen) atoms. The van der Waals surface area contributed by atoms with Crippen LogP contribution in [0.1, 0.15) is 48.5 Å². The van der Waals surface area contributed by atoms with Crippen LogP contribution in [0.25, 0.3) is 22.2 Å². The fourth-order valence-corrected chi connectivity index (χ4v) is 3.58. The Morgan fingerprint density at radius 3 is 2.58 bits per heavy atom. The smallest absolute Gasteiger partial charge is 0.257 e. The topological polar surface area (TPSA) is 139 Å². The molecule has 0 atom stereocenters. The molecule has 0 saturated heterocycles. The van der Waals surface area contributed by atoms with E-state index in [0.29, 0.717) is 34.3 Å². The summed E-state index contributed by atoms with van der Waals surface area (Å²) in [4.78, 5) is 22.3. The van der Waals surface area contributed by atoms with Gasteiger partial charge in [-0.1, -0.05) is 38.3 Å². The lowest BCUT2D eigenvalue weighted by Gasteiger charge is -2.05. The molecule has 0 aliphatic rings. The summed E-state index contributed by atoms with van der Waals surface area (Å²) in [7, 11) is 0. The van der Waals surface area contributed by atoms with Gasteiger partial charge in [0.05, 0.1) is 17.2 Å². The number of carbonyl (C=O) groups is 1. The van der Waals surface area contributed by atoms with Crippen molar-refractivity contribution in [3.05, 3.63) is 53.6 Å². The summed E-state index contributed by atoms with van der Waals surface area (Å²) in [6.45, 7) is 2.68. The third-order valence-electron chi connectivity index (χ3n) is 5.34. The molecule has 2 heterocycles. The van der Waals surface area contributed by atoms with Gasteiger partial charge >= 0.3 is 0 Å². The van der Waals surface area contributed by atoms with Gasteiger partial charge in [-0.3, -0.25) is 4.79 Å². The van der Waals surface area contributed by atoms with Crippen molar-refractivity contribution in [1.82, 2.24) is 20.0 Å². The van der Waals surface area contributed by atoms with Crippen molar-refractivity contribution in [1.29, 1.82) is 0 Å². The third-order valence-corrected chi connectivity index (χ3v) is 5.34. The van der Waals surface area contributed by atoms with E-state index in [-0.39, 0.29) is 28.8 Å². The second kappa shape index (κ2) is 9.56. The average Bonchev–Trinajstić information content (AvgIpc) is 3.08. The molecule has 2 aromatic heterocycles. The Labute approximate surface area is 190 Å². The van der Waals surface area contributed by atoms with E-state index >= 15 is 0 Å². The molecule has 0 saturated carbocycles. The minimum absolute atomic E-state index is 0.116. The third kappa shape index (κ3) is 4.57. The minimum Gasteiger partial charge on any atom is -0.504 e. The molecule has 0 aliphatic carbocycles. The maximum atomic E-state index is 13.0. The molecule has 5 N–H and O–H groups in total. The van der Waals surface area contributed by atoms with E-state index in [4.69, 9.17) is 5.73 Å². The van der Waals surface area contributed by atoms with Gasteiger partial charge in [-0.25, -0.2) is 9.97 Å². The molecular formula is C24H26N6O3. The SMILES string of the molecule is CCCCCCNC(=O)c1c(N)n(/N=C/c2ccc(O)c(O)c2)c2nc3ccccc3nc12. The van der Waals surface area contributed by atoms with Gasteiger partial charge in [-0.05, 0) is 42.3 Å². The highest BCUT2D eigenvalue weighted by Gasteiger charge is 2.23. The van der Waals surface area contributed by atoms with E-state index in [1.165, 1.54) is 23.0 Å². The Bertz CT molecular complexity index is 1350. The van der Waals surface area contributed by atoms with Crippen LogP contribution in [0.15, 0.2) is 47.6 Å². The van der Waals surface area contributed by atoms with Crippen LogP contribution in [0, 0.1) is 0 Å². The van der Waals surface area contributed by atoms with Gasteiger partial charge in [-0.2, -0.15) is 9.78 Å². The molecule has 0 bridgehead atoms. The number of anilines is 1. The zero-order chi connectivity index (χ0) is 23.4. The number of aromatic hydroxyl groups is 2. The van der Waals surface area contributed by atoms with Crippen LogP contribution in [0.5, 0.6) is 11.5 Å². The van der Waals surface area contributed by atoms with E-state index in [1.807, 2.05) is 24.3 Å². The van der Waals surface area contributed by atoms with Gasteiger partial charge in [0.15, 0.2) is 17.1 Å². The van der Waals surface area contributed by atoms with Crippen molar-refractivity contribution in [2.45, 2.75) is 32.6 Å². The Morgan fingerprint density at radius 2 is 1.85 bits per heavy atom. The second-order valence-electron chi connectivity index (χ2n) is 7.77. The van der Waals surface area contributed by atoms with Crippen molar-refractivity contribution in [3.63, 3.8) is 0 Å². The standard InChI is InChI=1S/C24H26N6O3/c1-2-3-4-7-12-26-24(33)20-21-23(29-17-9-6-5-8-16(17)28-21)30(22(20)25)27-14-15-10-11-18(31)19(32)13-15/h5-6,8-11,13-14,31-32H,2-4,7,12,25H2,1H3,(H,26,33)/b27-14+. The van der Waals surface area contributed by atoms with E-state index in [9.17, 15) is 15.0 Å². The number of carbonyl (C=O) groups excluding carboxylic acids is 1. The highest BCUT2D eigenvalue weighted by molar-refractivity contribution is 6.10. The lowest BCUT2D eigenvalue weighted by molar-refractivity contribution is 0.0955. The number of nitrogens with zero attached hydrogens (tertiary/aromatic N) is 4. The Hall–Kier alpha value is -4.14. The number of amides is 1. The first-order valence-corrected chi connectivity index (χ1v) is 10.9. The Morgan fingerprint density at radius 1 is 1.09 bits per heavy atom. The lowest BCUT2D eigenvalue weighted by Crippen LogP contribution is -2.25. The molecule has 0 spiro atoms. The van der Waals surface area contributed by atoms with Crippen molar-refractivity contribution < 1.29 is 15.0 Å².